The van der Waals surface area contributed by atoms with Gasteiger partial charge in [0.25, 0.3) is 0 Å². The summed E-state index contributed by atoms with van der Waals surface area (Å²) in [5.74, 6) is -4.62. The first-order valence-corrected chi connectivity index (χ1v) is 22.4. The van der Waals surface area contributed by atoms with Crippen molar-refractivity contribution in [3.8, 4) is 11.5 Å². The van der Waals surface area contributed by atoms with Gasteiger partial charge in [-0.15, -0.1) is 10.2 Å². The second-order valence-electron chi connectivity index (χ2n) is 15.6. The summed E-state index contributed by atoms with van der Waals surface area (Å²) in [6.07, 6.45) is -7.24. The quantitative estimate of drug-likeness (QED) is 0.0954. The number of likely N-dealkylation sites (N-methyl/N-ethyl adjacent to an activating group) is 2. The Balaban J connectivity index is 0.000000227. The molecule has 2 aromatic carbocycles. The number of ketones is 1. The second kappa shape index (κ2) is 23.3. The van der Waals surface area contributed by atoms with Crippen LogP contribution >= 0.6 is 23.2 Å². The molecular formula is C45H47Cl2F6N11O5. The molecule has 69 heavy (non-hydrogen) atoms. The molecule has 2 saturated heterocycles. The molecule has 2 fully saturated rings. The van der Waals surface area contributed by atoms with Crippen LogP contribution < -0.4 is 15.1 Å². The molecule has 0 spiro atoms. The fourth-order valence-electron chi connectivity index (χ4n) is 7.10. The van der Waals surface area contributed by atoms with Crippen LogP contribution in [0.15, 0.2) is 89.6 Å². The van der Waals surface area contributed by atoms with Crippen molar-refractivity contribution < 1.29 is 49.9 Å². The molecular weight excluding hydrogens is 959 g/mol. The van der Waals surface area contributed by atoms with Crippen LogP contribution in [-0.4, -0.2) is 142 Å². The zero-order valence-electron chi connectivity index (χ0n) is 37.3. The number of piperazine rings is 2. The highest BCUT2D eigenvalue weighted by molar-refractivity contribution is 6.31. The monoisotopic (exact) mass is 1010 g/mol. The molecule has 0 aliphatic carbocycles. The molecule has 5 aromatic rings. The molecule has 0 bridgehead atoms. The minimum absolute atomic E-state index is 0.0382. The molecule has 0 unspecified atom stereocenters. The third kappa shape index (κ3) is 14.3. The van der Waals surface area contributed by atoms with Gasteiger partial charge in [0.15, 0.2) is 5.78 Å². The number of Topliss-reactive ketones (excluding diaryl/α,β-unsaturated/α-hetero) is 1. The molecule has 2 aliphatic rings. The number of urea groups is 2. The average molecular weight is 1010 g/mol. The van der Waals surface area contributed by atoms with Gasteiger partial charge in [0.1, 0.15) is 0 Å². The van der Waals surface area contributed by atoms with E-state index in [1.807, 2.05) is 0 Å². The van der Waals surface area contributed by atoms with Gasteiger partial charge in [-0.2, -0.15) is 26.3 Å². The van der Waals surface area contributed by atoms with E-state index >= 15 is 0 Å². The van der Waals surface area contributed by atoms with Gasteiger partial charge in [0, 0.05) is 91.7 Å². The lowest BCUT2D eigenvalue weighted by atomic mass is 10.1. The highest BCUT2D eigenvalue weighted by Gasteiger charge is 2.39. The first-order valence-electron chi connectivity index (χ1n) is 21.6. The number of carbonyl (C=O) groups is 4. The van der Waals surface area contributed by atoms with Crippen molar-refractivity contribution in [2.24, 2.45) is 0 Å². The van der Waals surface area contributed by atoms with Crippen LogP contribution in [-0.2, 0) is 24.1 Å². The molecule has 1 N–H and O–H groups in total. The van der Waals surface area contributed by atoms with Crippen molar-refractivity contribution in [1.82, 2.24) is 45.1 Å². The van der Waals surface area contributed by atoms with Gasteiger partial charge in [0.2, 0.25) is 5.89 Å². The van der Waals surface area contributed by atoms with E-state index in [4.69, 9.17) is 27.6 Å². The minimum Gasteiger partial charge on any atom is -0.413 e. The van der Waals surface area contributed by atoms with Crippen molar-refractivity contribution in [3.63, 3.8) is 0 Å². The lowest BCUT2D eigenvalue weighted by molar-refractivity contribution is -0.173. The van der Waals surface area contributed by atoms with Gasteiger partial charge in [-0.1, -0.05) is 37.0 Å². The molecule has 0 saturated carbocycles. The van der Waals surface area contributed by atoms with E-state index < -0.39 is 36.5 Å². The van der Waals surface area contributed by atoms with E-state index in [0.29, 0.717) is 59.0 Å². The van der Waals surface area contributed by atoms with Gasteiger partial charge in [-0.25, -0.2) is 9.59 Å². The number of rotatable bonds is 12. The van der Waals surface area contributed by atoms with E-state index in [2.05, 4.69) is 43.8 Å². The van der Waals surface area contributed by atoms with Gasteiger partial charge in [-0.05, 0) is 85.9 Å². The summed E-state index contributed by atoms with van der Waals surface area (Å²) in [5.41, 5.74) is 2.56. The molecule has 0 atom stereocenters. The molecule has 2 aliphatic heterocycles. The molecule has 5 heterocycles. The van der Waals surface area contributed by atoms with E-state index in [1.165, 1.54) is 35.9 Å². The molecule has 24 heteroatoms. The van der Waals surface area contributed by atoms with E-state index in [9.17, 15) is 45.5 Å². The van der Waals surface area contributed by atoms with Crippen LogP contribution in [0.25, 0.3) is 11.5 Å². The summed E-state index contributed by atoms with van der Waals surface area (Å²) in [6, 6.07) is 19.4. The van der Waals surface area contributed by atoms with Crippen LogP contribution in [0, 0.1) is 0 Å². The minimum atomic E-state index is -5.07. The number of nitrogens with zero attached hydrogens (tertiary/aromatic N) is 10. The summed E-state index contributed by atoms with van der Waals surface area (Å²) in [6.45, 7) is 11.0. The predicted molar refractivity (Wildman–Crippen MR) is 244 cm³/mol. The SMILES string of the molecule is CCN1CCN(C(=O)N(Cc2ccc(-c3nnc(C(F)(F)F)o3)cn2)c2ccc(Cl)cc2)CC1.CCN1CCN(C(=O)N(Cc2ccc(C(=O)CNC(=O)C(F)(F)F)cn2)c2ccc(Cl)cc2)CC1. The maximum Gasteiger partial charge on any atom is 0.471 e. The van der Waals surface area contributed by atoms with Crippen molar-refractivity contribution >= 4 is 58.3 Å². The number of benzene rings is 2. The number of anilines is 2. The second-order valence-corrected chi connectivity index (χ2v) is 16.5. The number of hydrogen-bond acceptors (Lipinski definition) is 11. The summed E-state index contributed by atoms with van der Waals surface area (Å²) in [4.78, 5) is 69.6. The smallest absolute Gasteiger partial charge is 0.413 e. The van der Waals surface area contributed by atoms with E-state index in [0.717, 1.165) is 39.3 Å². The number of carbonyl (C=O) groups excluding carboxylic acids is 4. The van der Waals surface area contributed by atoms with Crippen molar-refractivity contribution in [1.29, 1.82) is 0 Å². The molecule has 7 rings (SSSR count). The fourth-order valence-corrected chi connectivity index (χ4v) is 7.35. The zero-order chi connectivity index (χ0) is 49.9. The van der Waals surface area contributed by atoms with E-state index in [-0.39, 0.29) is 42.2 Å². The zero-order valence-corrected chi connectivity index (χ0v) is 38.8. The van der Waals surface area contributed by atoms with Crippen molar-refractivity contribution in [2.45, 2.75) is 39.3 Å². The first-order chi connectivity index (χ1) is 32.8. The largest absolute Gasteiger partial charge is 0.471 e. The number of nitrogens with one attached hydrogen (secondary N) is 1. The maximum atomic E-state index is 13.4. The maximum absolute atomic E-state index is 13.4. The topological polar surface area (TPSA) is 164 Å². The number of pyridine rings is 2. The Kier molecular flexibility index (Phi) is 17.6. The Morgan fingerprint density at radius 2 is 1.10 bits per heavy atom. The Hall–Kier alpha value is -6.36. The van der Waals surface area contributed by atoms with Crippen LogP contribution in [0.1, 0.15) is 41.5 Å². The normalized spacial score (nSPS) is 14.7. The van der Waals surface area contributed by atoms with Crippen LogP contribution in [0.4, 0.5) is 47.3 Å². The molecule has 5 amide bonds. The van der Waals surface area contributed by atoms with E-state index in [1.54, 1.807) is 74.2 Å². The number of hydrogen-bond donors (Lipinski definition) is 1. The van der Waals surface area contributed by atoms with Gasteiger partial charge < -0.3 is 29.3 Å². The van der Waals surface area contributed by atoms with Crippen LogP contribution in [0.5, 0.6) is 0 Å². The third-order valence-electron chi connectivity index (χ3n) is 11.1. The number of aromatic nitrogens is 4. The van der Waals surface area contributed by atoms with Crippen LogP contribution in [0.3, 0.4) is 0 Å². The van der Waals surface area contributed by atoms with Crippen molar-refractivity contribution in [3.05, 3.63) is 118 Å². The van der Waals surface area contributed by atoms with Gasteiger partial charge >= 0.3 is 36.2 Å². The molecule has 3 aromatic heterocycles. The summed E-state index contributed by atoms with van der Waals surface area (Å²) in [7, 11) is 0. The highest BCUT2D eigenvalue weighted by atomic mass is 35.5. The standard InChI is InChI=1S/C23H25ClF3N5O3.C22H22ClF3N6O2/c1-2-30-9-11-31(12-10-30)22(35)32(19-7-4-17(24)5-8-19)15-18-6-3-16(13-28-18)20(33)14-29-21(34)23(25,26)27;1-2-30-9-11-31(12-10-30)21(33)32(18-7-4-16(23)5-8-18)14-17-6-3-15(13-27-17)19-28-29-20(34-19)22(24,25)26/h3-8,13H,2,9-12,14-15H2,1H3,(H,29,34);3-8,13H,2,9-12,14H2,1H3. The Morgan fingerprint density at radius 1 is 0.638 bits per heavy atom. The van der Waals surface area contributed by atoms with Crippen molar-refractivity contribution in [2.75, 3.05) is 81.8 Å². The molecule has 368 valence electrons. The molecule has 16 nitrogen and oxygen atoms in total. The molecule has 0 radical (unpaired) electrons. The number of halogens is 8. The number of alkyl halides is 6. The van der Waals surface area contributed by atoms with Gasteiger partial charge in [0.05, 0.1) is 36.6 Å². The predicted octanol–water partition coefficient (Wildman–Crippen LogP) is 7.93. The first kappa shape index (κ1) is 52.0. The fraction of sp³-hybridized carbons (Fsp3) is 0.378. The Morgan fingerprint density at radius 3 is 1.48 bits per heavy atom. The Bertz CT molecular complexity index is 2500. The number of amides is 5. The summed E-state index contributed by atoms with van der Waals surface area (Å²) < 4.78 is 79.7. The Labute approximate surface area is 402 Å². The van der Waals surface area contributed by atoms with Crippen LogP contribution in [0.2, 0.25) is 10.0 Å². The third-order valence-corrected chi connectivity index (χ3v) is 11.6. The average Bonchev–Trinajstić information content (AvgIpc) is 3.87. The van der Waals surface area contributed by atoms with Gasteiger partial charge in [-0.3, -0.25) is 29.4 Å². The summed E-state index contributed by atoms with van der Waals surface area (Å²) >= 11 is 12.0. The lowest BCUT2D eigenvalue weighted by Gasteiger charge is -2.37. The summed E-state index contributed by atoms with van der Waals surface area (Å²) in [5, 5.41) is 9.08. The highest BCUT2D eigenvalue weighted by Crippen LogP contribution is 2.31. The lowest BCUT2D eigenvalue weighted by Crippen LogP contribution is -2.52.